The minimum absolute atomic E-state index is 0.656. The minimum Gasteiger partial charge on any atom is -0.347 e. The van der Waals surface area contributed by atoms with E-state index in [1.54, 1.807) is 0 Å². The zero-order valence-electron chi connectivity index (χ0n) is 8.99. The van der Waals surface area contributed by atoms with Crippen molar-refractivity contribution < 1.29 is 0 Å². The van der Waals surface area contributed by atoms with Crippen molar-refractivity contribution in [1.82, 2.24) is 4.57 Å². The maximum atomic E-state index is 8.47. The Morgan fingerprint density at radius 2 is 2.12 bits per heavy atom. The summed E-state index contributed by atoms with van der Waals surface area (Å²) in [6.07, 6.45) is 4.81. The molecule has 0 saturated carbocycles. The number of rotatable bonds is 4. The first-order chi connectivity index (χ1) is 7.81. The van der Waals surface area contributed by atoms with E-state index in [2.05, 4.69) is 57.0 Å². The molecule has 82 valence electrons. The molecule has 0 spiro atoms. The molecule has 0 N–H and O–H groups in total. The zero-order valence-corrected chi connectivity index (χ0v) is 10.6. The molecule has 0 radical (unpaired) electrons. The molecule has 0 atom stereocenters. The van der Waals surface area contributed by atoms with Gasteiger partial charge >= 0.3 is 0 Å². The Morgan fingerprint density at radius 3 is 2.94 bits per heavy atom. The highest BCUT2D eigenvalue weighted by Gasteiger charge is 2.01. The Hall–Kier alpha value is -1.27. The van der Waals surface area contributed by atoms with E-state index in [0.717, 1.165) is 23.9 Å². The van der Waals surface area contributed by atoms with Gasteiger partial charge in [-0.1, -0.05) is 22.0 Å². The molecule has 2 rings (SSSR count). The smallest absolute Gasteiger partial charge is 0.0621 e. The SMILES string of the molecule is N#CCCCCn1ccc2ccc(Br)cc21. The summed E-state index contributed by atoms with van der Waals surface area (Å²) in [5.74, 6) is 0. The van der Waals surface area contributed by atoms with Crippen molar-refractivity contribution in [3.8, 4) is 6.07 Å². The fourth-order valence-electron chi connectivity index (χ4n) is 1.84. The molecule has 0 aliphatic carbocycles. The van der Waals surface area contributed by atoms with Gasteiger partial charge < -0.3 is 4.57 Å². The van der Waals surface area contributed by atoms with E-state index in [4.69, 9.17) is 5.26 Å². The highest BCUT2D eigenvalue weighted by Crippen LogP contribution is 2.21. The molecule has 0 aliphatic rings. The van der Waals surface area contributed by atoms with E-state index >= 15 is 0 Å². The van der Waals surface area contributed by atoms with E-state index < -0.39 is 0 Å². The van der Waals surface area contributed by atoms with Gasteiger partial charge in [0.2, 0.25) is 0 Å². The van der Waals surface area contributed by atoms with Gasteiger partial charge in [-0.3, -0.25) is 0 Å². The lowest BCUT2D eigenvalue weighted by Gasteiger charge is -2.04. The monoisotopic (exact) mass is 276 g/mol. The lowest BCUT2D eigenvalue weighted by molar-refractivity contribution is 0.632. The van der Waals surface area contributed by atoms with Crippen LogP contribution in [-0.2, 0) is 6.54 Å². The molecule has 16 heavy (non-hydrogen) atoms. The standard InChI is InChI=1S/C13H13BrN2/c14-12-5-4-11-6-9-16(13(11)10-12)8-3-1-2-7-15/h4-6,9-10H,1-3,8H2. The van der Waals surface area contributed by atoms with Crippen molar-refractivity contribution in [2.24, 2.45) is 0 Å². The number of unbranched alkanes of at least 4 members (excludes halogenated alkanes) is 2. The van der Waals surface area contributed by atoms with Crippen LogP contribution in [-0.4, -0.2) is 4.57 Å². The number of fused-ring (bicyclic) bond motifs is 1. The third-order valence-corrected chi connectivity index (χ3v) is 3.17. The molecule has 0 aliphatic heterocycles. The number of nitriles is 1. The Morgan fingerprint density at radius 1 is 1.25 bits per heavy atom. The Labute approximate surface area is 104 Å². The molecule has 1 heterocycles. The summed E-state index contributed by atoms with van der Waals surface area (Å²) in [5, 5.41) is 9.74. The van der Waals surface area contributed by atoms with E-state index in [-0.39, 0.29) is 0 Å². The average molecular weight is 277 g/mol. The Kier molecular flexibility index (Phi) is 3.63. The second-order valence-electron chi connectivity index (χ2n) is 3.83. The van der Waals surface area contributed by atoms with Crippen LogP contribution in [0.5, 0.6) is 0 Å². The lowest BCUT2D eigenvalue weighted by Crippen LogP contribution is -1.95. The number of halogens is 1. The predicted octanol–water partition coefficient (Wildman–Crippen LogP) is 4.10. The highest BCUT2D eigenvalue weighted by molar-refractivity contribution is 9.10. The summed E-state index contributed by atoms with van der Waals surface area (Å²) in [7, 11) is 0. The van der Waals surface area contributed by atoms with Gasteiger partial charge in [-0.25, -0.2) is 0 Å². The number of hydrogen-bond donors (Lipinski definition) is 0. The maximum absolute atomic E-state index is 8.47. The molecule has 0 amide bonds. The summed E-state index contributed by atoms with van der Waals surface area (Å²) < 4.78 is 3.36. The summed E-state index contributed by atoms with van der Waals surface area (Å²) >= 11 is 3.49. The van der Waals surface area contributed by atoms with Crippen molar-refractivity contribution in [2.75, 3.05) is 0 Å². The van der Waals surface area contributed by atoms with Gasteiger partial charge in [0.25, 0.3) is 0 Å². The number of aromatic nitrogens is 1. The molecule has 1 aromatic heterocycles. The first-order valence-electron chi connectivity index (χ1n) is 5.42. The zero-order chi connectivity index (χ0) is 11.4. The molecule has 1 aromatic carbocycles. The first kappa shape index (κ1) is 11.2. The third-order valence-electron chi connectivity index (χ3n) is 2.67. The van der Waals surface area contributed by atoms with Crippen molar-refractivity contribution in [3.05, 3.63) is 34.9 Å². The van der Waals surface area contributed by atoms with Crippen LogP contribution >= 0.6 is 15.9 Å². The van der Waals surface area contributed by atoms with E-state index in [9.17, 15) is 0 Å². The van der Waals surface area contributed by atoms with Gasteiger partial charge in [0, 0.05) is 29.2 Å². The Balaban J connectivity index is 2.12. The van der Waals surface area contributed by atoms with Gasteiger partial charge in [-0.05, 0) is 36.4 Å². The molecular formula is C13H13BrN2. The van der Waals surface area contributed by atoms with Crippen LogP contribution < -0.4 is 0 Å². The second kappa shape index (κ2) is 5.18. The number of benzene rings is 1. The van der Waals surface area contributed by atoms with Gasteiger partial charge in [0.05, 0.1) is 6.07 Å². The molecule has 0 unspecified atom stereocenters. The lowest BCUT2D eigenvalue weighted by atomic mass is 10.2. The molecular weight excluding hydrogens is 264 g/mol. The largest absolute Gasteiger partial charge is 0.347 e. The molecule has 2 aromatic rings. The van der Waals surface area contributed by atoms with Crippen LogP contribution in [0.3, 0.4) is 0 Å². The minimum atomic E-state index is 0.656. The number of hydrogen-bond acceptors (Lipinski definition) is 1. The number of aryl methyl sites for hydroxylation is 1. The fourth-order valence-corrected chi connectivity index (χ4v) is 2.19. The third kappa shape index (κ3) is 2.45. The van der Waals surface area contributed by atoms with Crippen LogP contribution in [0.4, 0.5) is 0 Å². The van der Waals surface area contributed by atoms with Crippen LogP contribution in [0.15, 0.2) is 34.9 Å². The number of nitrogens with zero attached hydrogens (tertiary/aromatic N) is 2. The van der Waals surface area contributed by atoms with E-state index in [0.29, 0.717) is 6.42 Å². The van der Waals surface area contributed by atoms with E-state index in [1.165, 1.54) is 10.9 Å². The normalized spacial score (nSPS) is 10.5. The van der Waals surface area contributed by atoms with Crippen LogP contribution in [0, 0.1) is 11.3 Å². The van der Waals surface area contributed by atoms with Crippen LogP contribution in [0.1, 0.15) is 19.3 Å². The van der Waals surface area contributed by atoms with Crippen molar-refractivity contribution in [1.29, 1.82) is 5.26 Å². The van der Waals surface area contributed by atoms with Crippen molar-refractivity contribution in [3.63, 3.8) is 0 Å². The van der Waals surface area contributed by atoms with Crippen LogP contribution in [0.25, 0.3) is 10.9 Å². The summed E-state index contributed by atoms with van der Waals surface area (Å²) in [5.41, 5.74) is 1.26. The fraction of sp³-hybridized carbons (Fsp3) is 0.308. The second-order valence-corrected chi connectivity index (χ2v) is 4.74. The van der Waals surface area contributed by atoms with Gasteiger partial charge in [0.15, 0.2) is 0 Å². The maximum Gasteiger partial charge on any atom is 0.0621 e. The topological polar surface area (TPSA) is 28.7 Å². The molecule has 0 saturated heterocycles. The van der Waals surface area contributed by atoms with E-state index in [1.807, 2.05) is 0 Å². The van der Waals surface area contributed by atoms with Crippen molar-refractivity contribution in [2.45, 2.75) is 25.8 Å². The molecule has 0 fully saturated rings. The van der Waals surface area contributed by atoms with Gasteiger partial charge in [-0.2, -0.15) is 5.26 Å². The summed E-state index contributed by atoms with van der Waals surface area (Å²) in [6.45, 7) is 0.988. The quantitative estimate of drug-likeness (QED) is 0.773. The highest BCUT2D eigenvalue weighted by atomic mass is 79.9. The Bertz CT molecular complexity index is 522. The van der Waals surface area contributed by atoms with Gasteiger partial charge in [-0.15, -0.1) is 0 Å². The molecule has 0 bridgehead atoms. The average Bonchev–Trinajstić information content (AvgIpc) is 2.67. The molecule has 3 heteroatoms. The van der Waals surface area contributed by atoms with Gasteiger partial charge in [0.1, 0.15) is 0 Å². The molecule has 2 nitrogen and oxygen atoms in total. The summed E-state index contributed by atoms with van der Waals surface area (Å²) in [4.78, 5) is 0. The first-order valence-corrected chi connectivity index (χ1v) is 6.22. The van der Waals surface area contributed by atoms with Crippen LogP contribution in [0.2, 0.25) is 0 Å². The summed E-state index contributed by atoms with van der Waals surface area (Å²) in [6, 6.07) is 10.6. The van der Waals surface area contributed by atoms with Crippen molar-refractivity contribution >= 4 is 26.8 Å². The predicted molar refractivity (Wildman–Crippen MR) is 69.1 cm³/mol.